The number of hydrogen-bond donors (Lipinski definition) is 0. The molecular formula is C16H11BF2N2O+. The first-order chi connectivity index (χ1) is 10.7. The highest BCUT2D eigenvalue weighted by atomic mass is 19.2. The number of hydrogen-bond acceptors (Lipinski definition) is 1. The molecule has 6 heteroatoms. The van der Waals surface area contributed by atoms with Gasteiger partial charge in [-0.3, -0.25) is 4.49 Å². The highest BCUT2D eigenvalue weighted by Gasteiger charge is 2.37. The lowest BCUT2D eigenvalue weighted by molar-refractivity contribution is -0.310. The Labute approximate surface area is 126 Å². The predicted octanol–water partition coefficient (Wildman–Crippen LogP) is 3.15. The fourth-order valence-corrected chi connectivity index (χ4v) is 2.69. The molecule has 0 fully saturated rings. The molecule has 1 aromatic heterocycles. The number of benzene rings is 1. The third-order valence-corrected chi connectivity index (χ3v) is 3.83. The molecule has 4 rings (SSSR count). The molecule has 3 heterocycles. The van der Waals surface area contributed by atoms with Crippen molar-refractivity contribution in [2.75, 3.05) is 7.11 Å². The Morgan fingerprint density at radius 3 is 2.59 bits per heavy atom. The molecule has 0 spiro atoms. The van der Waals surface area contributed by atoms with Gasteiger partial charge in [-0.15, -0.1) is 0 Å². The van der Waals surface area contributed by atoms with Crippen molar-refractivity contribution in [3.8, 4) is 17.0 Å². The third kappa shape index (κ3) is 1.84. The molecule has 1 aromatic carbocycles. The summed E-state index contributed by atoms with van der Waals surface area (Å²) in [5.41, 5.74) is 2.96. The summed E-state index contributed by atoms with van der Waals surface area (Å²) in [5, 5.41) is 0. The van der Waals surface area contributed by atoms with E-state index in [1.165, 1.54) is 4.49 Å². The van der Waals surface area contributed by atoms with Crippen molar-refractivity contribution in [3.05, 3.63) is 59.4 Å². The molecule has 22 heavy (non-hydrogen) atoms. The van der Waals surface area contributed by atoms with Crippen molar-refractivity contribution >= 4 is 19.8 Å². The zero-order valence-electron chi connectivity index (χ0n) is 11.8. The molecule has 2 aliphatic rings. The Hall–Kier alpha value is -2.63. The van der Waals surface area contributed by atoms with Gasteiger partial charge in [0, 0.05) is 17.5 Å². The topological polar surface area (TPSA) is 17.2 Å². The number of allylic oxidation sites excluding steroid dienone is 2. The first-order valence-electron chi connectivity index (χ1n) is 6.78. The zero-order chi connectivity index (χ0) is 15.3. The predicted molar refractivity (Wildman–Crippen MR) is 81.1 cm³/mol. The fourth-order valence-electron chi connectivity index (χ4n) is 2.69. The lowest BCUT2D eigenvalue weighted by Gasteiger charge is -2.12. The largest absolute Gasteiger partial charge is 0.700 e. The standard InChI is InChI=1S/C16H11BF2N2O/c1-22-12-5-2-10(3-6-12)14-7-4-11-8-15-16(19)13(18)9-20(15)17-21(11)14/h2-9H,1H3/q+1. The van der Waals surface area contributed by atoms with Gasteiger partial charge in [-0.2, -0.15) is 8.78 Å². The number of aromatic nitrogens is 1. The number of rotatable bonds is 2. The molecule has 0 unspecified atom stereocenters. The maximum Gasteiger partial charge on any atom is 0.700 e. The summed E-state index contributed by atoms with van der Waals surface area (Å²) in [6, 6.07) is 11.5. The van der Waals surface area contributed by atoms with Crippen molar-refractivity contribution in [2.24, 2.45) is 0 Å². The average Bonchev–Trinajstić information content (AvgIpc) is 3.07. The molecule has 0 amide bonds. The van der Waals surface area contributed by atoms with Gasteiger partial charge >= 0.3 is 7.55 Å². The van der Waals surface area contributed by atoms with Crippen molar-refractivity contribution in [2.45, 2.75) is 0 Å². The Balaban J connectivity index is 1.78. The highest BCUT2D eigenvalue weighted by Crippen LogP contribution is 2.32. The molecule has 2 aromatic rings. The van der Waals surface area contributed by atoms with Gasteiger partial charge in [0.1, 0.15) is 5.75 Å². The number of ether oxygens (including phenoxy) is 1. The molecule has 0 saturated carbocycles. The van der Waals surface area contributed by atoms with Crippen LogP contribution >= 0.6 is 0 Å². The van der Waals surface area contributed by atoms with Crippen LogP contribution in [0.25, 0.3) is 17.3 Å². The van der Waals surface area contributed by atoms with Gasteiger partial charge in [-0.05, 0) is 42.0 Å². The van der Waals surface area contributed by atoms with Gasteiger partial charge in [0.15, 0.2) is 6.21 Å². The summed E-state index contributed by atoms with van der Waals surface area (Å²) in [6.07, 6.45) is 2.77. The van der Waals surface area contributed by atoms with Crippen LogP contribution in [0, 0.1) is 0 Å². The minimum absolute atomic E-state index is 0.226. The number of halogens is 2. The fraction of sp³-hybridized carbons (Fsp3) is 0.0625. The van der Waals surface area contributed by atoms with Crippen molar-refractivity contribution in [1.29, 1.82) is 0 Å². The molecule has 107 valence electrons. The van der Waals surface area contributed by atoms with Gasteiger partial charge in [0.05, 0.1) is 7.11 Å². The van der Waals surface area contributed by atoms with Crippen LogP contribution in [0.5, 0.6) is 5.75 Å². The van der Waals surface area contributed by atoms with Crippen LogP contribution in [-0.4, -0.2) is 29.8 Å². The Kier molecular flexibility index (Phi) is 2.79. The van der Waals surface area contributed by atoms with E-state index in [1.807, 2.05) is 40.9 Å². The summed E-state index contributed by atoms with van der Waals surface area (Å²) in [5.74, 6) is -0.893. The van der Waals surface area contributed by atoms with Crippen LogP contribution < -0.4 is 4.74 Å². The lowest BCUT2D eigenvalue weighted by atomic mass is 10.0. The second-order valence-electron chi connectivity index (χ2n) is 5.09. The summed E-state index contributed by atoms with van der Waals surface area (Å²) < 4.78 is 35.6. The van der Waals surface area contributed by atoms with Gasteiger partial charge in [-0.1, -0.05) is 0 Å². The zero-order valence-corrected chi connectivity index (χ0v) is 11.8. The monoisotopic (exact) mass is 296 g/mol. The maximum absolute atomic E-state index is 13.7. The molecule has 1 radical (unpaired) electrons. The molecular weight excluding hydrogens is 285 g/mol. The average molecular weight is 296 g/mol. The van der Waals surface area contributed by atoms with E-state index in [2.05, 4.69) is 0 Å². The molecule has 3 nitrogen and oxygen atoms in total. The van der Waals surface area contributed by atoms with E-state index in [1.54, 1.807) is 20.7 Å². The van der Waals surface area contributed by atoms with Gasteiger partial charge in [0.25, 0.3) is 0 Å². The highest BCUT2D eigenvalue weighted by molar-refractivity contribution is 6.28. The summed E-state index contributed by atoms with van der Waals surface area (Å²) in [4.78, 5) is 0. The number of fused-ring (bicyclic) bond motifs is 2. The van der Waals surface area contributed by atoms with Crippen LogP contribution in [0.1, 0.15) is 5.69 Å². The van der Waals surface area contributed by atoms with Gasteiger partial charge in [-0.25, -0.2) is 0 Å². The van der Waals surface area contributed by atoms with Crippen LogP contribution in [0.3, 0.4) is 0 Å². The first kappa shape index (κ1) is 13.1. The second kappa shape index (κ2) is 4.69. The lowest BCUT2D eigenvalue weighted by Crippen LogP contribution is -2.27. The van der Waals surface area contributed by atoms with Crippen LogP contribution in [-0.2, 0) is 0 Å². The van der Waals surface area contributed by atoms with Crippen molar-refractivity contribution in [1.82, 2.24) is 4.48 Å². The molecule has 0 bridgehead atoms. The van der Waals surface area contributed by atoms with E-state index in [9.17, 15) is 8.78 Å². The van der Waals surface area contributed by atoms with E-state index in [0.29, 0.717) is 0 Å². The van der Waals surface area contributed by atoms with Crippen LogP contribution in [0.2, 0.25) is 0 Å². The SMILES string of the molecule is COc1ccc(-c2ccc3n2[B][N+]2=CC(F)=C(F)C2=C3)cc1. The Morgan fingerprint density at radius 2 is 1.86 bits per heavy atom. The van der Waals surface area contributed by atoms with Crippen LogP contribution in [0.15, 0.2) is 53.7 Å². The van der Waals surface area contributed by atoms with Crippen LogP contribution in [0.4, 0.5) is 8.78 Å². The molecule has 0 saturated heterocycles. The normalized spacial score (nSPS) is 15.8. The molecule has 0 aliphatic carbocycles. The number of nitrogens with zero attached hydrogens (tertiary/aromatic N) is 2. The second-order valence-corrected chi connectivity index (χ2v) is 5.09. The van der Waals surface area contributed by atoms with E-state index >= 15 is 0 Å². The van der Waals surface area contributed by atoms with E-state index in [4.69, 9.17) is 4.74 Å². The maximum atomic E-state index is 13.7. The van der Waals surface area contributed by atoms with Crippen molar-refractivity contribution < 1.29 is 18.0 Å². The third-order valence-electron chi connectivity index (χ3n) is 3.83. The Morgan fingerprint density at radius 1 is 1.09 bits per heavy atom. The summed E-state index contributed by atoms with van der Waals surface area (Å²) in [7, 11) is 3.30. The molecule has 0 N–H and O–H groups in total. The van der Waals surface area contributed by atoms with Gasteiger partial charge < -0.3 is 9.21 Å². The minimum atomic E-state index is -0.848. The quantitative estimate of drug-likeness (QED) is 0.778. The number of methoxy groups -OCH3 is 1. The first-order valence-corrected chi connectivity index (χ1v) is 6.78. The minimum Gasteiger partial charge on any atom is -0.497 e. The summed E-state index contributed by atoms with van der Waals surface area (Å²) in [6.45, 7) is 0. The molecule has 0 atom stereocenters. The van der Waals surface area contributed by atoms with E-state index in [-0.39, 0.29) is 5.70 Å². The van der Waals surface area contributed by atoms with Gasteiger partial charge in [0.2, 0.25) is 17.4 Å². The Bertz CT molecular complexity index is 863. The van der Waals surface area contributed by atoms with Crippen molar-refractivity contribution in [3.63, 3.8) is 0 Å². The van der Waals surface area contributed by atoms with E-state index < -0.39 is 11.7 Å². The molecule has 2 aliphatic heterocycles. The summed E-state index contributed by atoms with van der Waals surface area (Å²) >= 11 is 0. The van der Waals surface area contributed by atoms with E-state index in [0.717, 1.165) is 28.9 Å². The smallest absolute Gasteiger partial charge is 0.497 e.